The van der Waals surface area contributed by atoms with Crippen LogP contribution in [0.5, 0.6) is 0 Å². The van der Waals surface area contributed by atoms with Crippen LogP contribution in [0.2, 0.25) is 0 Å². The Labute approximate surface area is 119 Å². The van der Waals surface area contributed by atoms with E-state index in [9.17, 15) is 0 Å². The van der Waals surface area contributed by atoms with Crippen LogP contribution in [0.25, 0.3) is 0 Å². The molecule has 0 aromatic heterocycles. The van der Waals surface area contributed by atoms with Crippen molar-refractivity contribution in [3.05, 3.63) is 0 Å². The van der Waals surface area contributed by atoms with E-state index in [1.54, 1.807) is 0 Å². The van der Waals surface area contributed by atoms with Crippen molar-refractivity contribution >= 4 is 0 Å². The molecule has 114 valence electrons. The summed E-state index contributed by atoms with van der Waals surface area (Å²) in [5.41, 5.74) is 0. The molecule has 2 atom stereocenters. The van der Waals surface area contributed by atoms with E-state index in [-0.39, 0.29) is 0 Å². The molecule has 0 radical (unpaired) electrons. The van der Waals surface area contributed by atoms with Gasteiger partial charge in [0.25, 0.3) is 0 Å². The van der Waals surface area contributed by atoms with E-state index >= 15 is 0 Å². The molecule has 1 N–H and O–H groups in total. The average Bonchev–Trinajstić information content (AvgIpc) is 2.41. The lowest BCUT2D eigenvalue weighted by atomic mass is 10.0. The van der Waals surface area contributed by atoms with E-state index in [0.717, 1.165) is 39.3 Å². The molecule has 0 aromatic rings. The Bertz CT molecular complexity index is 223. The van der Waals surface area contributed by atoms with Crippen molar-refractivity contribution in [2.75, 3.05) is 53.5 Å². The lowest BCUT2D eigenvalue weighted by molar-refractivity contribution is -0.00222. The van der Waals surface area contributed by atoms with Crippen LogP contribution >= 0.6 is 0 Å². The van der Waals surface area contributed by atoms with Gasteiger partial charge in [0, 0.05) is 18.7 Å². The molecule has 1 rings (SSSR count). The summed E-state index contributed by atoms with van der Waals surface area (Å²) in [6.45, 7) is 10.9. The Balaban J connectivity index is 2.44. The predicted octanol–water partition coefficient (Wildman–Crippen LogP) is 1.42. The van der Waals surface area contributed by atoms with Crippen molar-refractivity contribution in [3.63, 3.8) is 0 Å². The molecule has 0 aliphatic carbocycles. The molecule has 1 aliphatic rings. The second kappa shape index (κ2) is 9.70. The van der Waals surface area contributed by atoms with E-state index in [4.69, 9.17) is 4.74 Å². The van der Waals surface area contributed by atoms with Gasteiger partial charge in [0.2, 0.25) is 0 Å². The van der Waals surface area contributed by atoms with E-state index in [2.05, 4.69) is 43.1 Å². The molecule has 0 aromatic carbocycles. The van der Waals surface area contributed by atoms with Crippen molar-refractivity contribution in [3.8, 4) is 0 Å². The first-order valence-corrected chi connectivity index (χ1v) is 7.88. The number of nitrogens with one attached hydrogen (secondary N) is 1. The Kier molecular flexibility index (Phi) is 8.62. The van der Waals surface area contributed by atoms with Gasteiger partial charge in [-0.2, -0.15) is 0 Å². The first-order valence-electron chi connectivity index (χ1n) is 7.88. The normalized spacial score (nSPS) is 24.3. The summed E-state index contributed by atoms with van der Waals surface area (Å²) >= 11 is 0. The fraction of sp³-hybridized carbons (Fsp3) is 1.00. The maximum Gasteiger partial charge on any atom is 0.0637 e. The van der Waals surface area contributed by atoms with Crippen molar-refractivity contribution < 1.29 is 4.74 Å². The van der Waals surface area contributed by atoms with Gasteiger partial charge in [0.05, 0.1) is 6.61 Å². The second-order valence-corrected chi connectivity index (χ2v) is 5.78. The molecule has 1 saturated heterocycles. The first kappa shape index (κ1) is 16.9. The third-order valence-electron chi connectivity index (χ3n) is 3.91. The van der Waals surface area contributed by atoms with Crippen LogP contribution in [0.15, 0.2) is 0 Å². The third-order valence-corrected chi connectivity index (χ3v) is 3.91. The quantitative estimate of drug-likeness (QED) is 0.686. The fourth-order valence-corrected chi connectivity index (χ4v) is 2.80. The minimum Gasteiger partial charge on any atom is -0.380 e. The van der Waals surface area contributed by atoms with Gasteiger partial charge in [0.1, 0.15) is 0 Å². The van der Waals surface area contributed by atoms with E-state index < -0.39 is 0 Å². The largest absolute Gasteiger partial charge is 0.380 e. The molecular formula is C15H33N3O. The Morgan fingerprint density at radius 3 is 2.63 bits per heavy atom. The molecule has 4 heteroatoms. The van der Waals surface area contributed by atoms with Crippen LogP contribution in [0.3, 0.4) is 0 Å². The van der Waals surface area contributed by atoms with Gasteiger partial charge in [-0.05, 0) is 59.5 Å². The van der Waals surface area contributed by atoms with Gasteiger partial charge >= 0.3 is 0 Å². The lowest BCUT2D eigenvalue weighted by Crippen LogP contribution is -2.55. The van der Waals surface area contributed by atoms with Crippen molar-refractivity contribution in [1.29, 1.82) is 0 Å². The number of rotatable bonds is 9. The topological polar surface area (TPSA) is 27.7 Å². The maximum atomic E-state index is 5.71. The average molecular weight is 271 g/mol. The highest BCUT2D eigenvalue weighted by atomic mass is 16.5. The SMILES string of the molecule is CCCNC1CCOCC1N(CC)CCCN(C)C. The molecule has 2 unspecified atom stereocenters. The highest BCUT2D eigenvalue weighted by Crippen LogP contribution is 2.15. The van der Waals surface area contributed by atoms with Crippen molar-refractivity contribution in [2.45, 2.75) is 45.2 Å². The number of hydrogen-bond donors (Lipinski definition) is 1. The zero-order valence-corrected chi connectivity index (χ0v) is 13.3. The molecule has 0 bridgehead atoms. The molecule has 0 amide bonds. The van der Waals surface area contributed by atoms with Gasteiger partial charge in [-0.15, -0.1) is 0 Å². The van der Waals surface area contributed by atoms with Crippen LogP contribution in [0, 0.1) is 0 Å². The van der Waals surface area contributed by atoms with E-state index in [0.29, 0.717) is 12.1 Å². The summed E-state index contributed by atoms with van der Waals surface area (Å²) in [4.78, 5) is 4.86. The molecule has 1 aliphatic heterocycles. The zero-order chi connectivity index (χ0) is 14.1. The van der Waals surface area contributed by atoms with E-state index in [1.807, 2.05) is 0 Å². The van der Waals surface area contributed by atoms with Crippen LogP contribution in [-0.2, 0) is 4.74 Å². The molecule has 0 spiro atoms. The van der Waals surface area contributed by atoms with Crippen molar-refractivity contribution in [2.24, 2.45) is 0 Å². The number of likely N-dealkylation sites (N-methyl/N-ethyl adjacent to an activating group) is 1. The molecule has 1 fully saturated rings. The van der Waals surface area contributed by atoms with Crippen LogP contribution < -0.4 is 5.32 Å². The monoisotopic (exact) mass is 271 g/mol. The standard InChI is InChI=1S/C15H33N3O/c1-5-9-16-14-8-12-19-13-15(14)18(6-2)11-7-10-17(3)4/h14-16H,5-13H2,1-4H3. The minimum atomic E-state index is 0.549. The number of ether oxygens (including phenoxy) is 1. The molecule has 19 heavy (non-hydrogen) atoms. The minimum absolute atomic E-state index is 0.549. The predicted molar refractivity (Wildman–Crippen MR) is 81.7 cm³/mol. The van der Waals surface area contributed by atoms with E-state index in [1.165, 1.54) is 19.4 Å². The smallest absolute Gasteiger partial charge is 0.0637 e. The van der Waals surface area contributed by atoms with Crippen LogP contribution in [0.4, 0.5) is 0 Å². The Morgan fingerprint density at radius 1 is 1.21 bits per heavy atom. The van der Waals surface area contributed by atoms with Crippen LogP contribution in [-0.4, -0.2) is 75.4 Å². The summed E-state index contributed by atoms with van der Waals surface area (Å²) in [5.74, 6) is 0. The summed E-state index contributed by atoms with van der Waals surface area (Å²) in [6.07, 6.45) is 3.59. The van der Waals surface area contributed by atoms with Gasteiger partial charge in [-0.25, -0.2) is 0 Å². The Morgan fingerprint density at radius 2 is 2.00 bits per heavy atom. The second-order valence-electron chi connectivity index (χ2n) is 5.78. The van der Waals surface area contributed by atoms with Crippen molar-refractivity contribution in [1.82, 2.24) is 15.1 Å². The highest BCUT2D eigenvalue weighted by molar-refractivity contribution is 4.87. The summed E-state index contributed by atoms with van der Waals surface area (Å²) < 4.78 is 5.71. The lowest BCUT2D eigenvalue weighted by Gasteiger charge is -2.40. The van der Waals surface area contributed by atoms with Gasteiger partial charge < -0.3 is 15.0 Å². The van der Waals surface area contributed by atoms with Gasteiger partial charge in [-0.3, -0.25) is 4.90 Å². The highest BCUT2D eigenvalue weighted by Gasteiger charge is 2.29. The number of hydrogen-bond acceptors (Lipinski definition) is 4. The molecule has 0 saturated carbocycles. The summed E-state index contributed by atoms with van der Waals surface area (Å²) in [5, 5.41) is 3.70. The third kappa shape index (κ3) is 6.21. The van der Waals surface area contributed by atoms with Gasteiger partial charge in [0.15, 0.2) is 0 Å². The zero-order valence-electron chi connectivity index (χ0n) is 13.3. The van der Waals surface area contributed by atoms with Gasteiger partial charge in [-0.1, -0.05) is 13.8 Å². The summed E-state index contributed by atoms with van der Waals surface area (Å²) in [6, 6.07) is 1.15. The molecule has 4 nitrogen and oxygen atoms in total. The first-order chi connectivity index (χ1) is 9.19. The Hall–Kier alpha value is -0.160. The maximum absolute atomic E-state index is 5.71. The summed E-state index contributed by atoms with van der Waals surface area (Å²) in [7, 11) is 4.29. The molecule has 1 heterocycles. The van der Waals surface area contributed by atoms with Crippen LogP contribution in [0.1, 0.15) is 33.1 Å². The number of nitrogens with zero attached hydrogens (tertiary/aromatic N) is 2. The molecular weight excluding hydrogens is 238 g/mol. The fourth-order valence-electron chi connectivity index (χ4n) is 2.80.